The van der Waals surface area contributed by atoms with E-state index >= 15 is 0 Å². The van der Waals surface area contributed by atoms with Crippen molar-refractivity contribution in [3.8, 4) is 48.6 Å². The molecule has 0 aliphatic carbocycles. The number of nitriles is 8. The fraction of sp³-hybridized carbons (Fsp3) is 0. The number of fused-ring (bicyclic) bond motifs is 6. The maximum atomic E-state index is 9.88. The highest BCUT2D eigenvalue weighted by molar-refractivity contribution is 6.19. The monoisotopic (exact) mass is 484 g/mol. The lowest BCUT2D eigenvalue weighted by atomic mass is 9.96. The zero-order valence-electron chi connectivity index (χ0n) is 18.7. The van der Waals surface area contributed by atoms with Crippen molar-refractivity contribution in [2.24, 2.45) is 0 Å². The van der Waals surface area contributed by atoms with Crippen molar-refractivity contribution in [2.75, 3.05) is 0 Å². The topological polar surface area (TPSA) is 217 Å². The van der Waals surface area contributed by atoms with E-state index in [1.807, 2.05) is 36.4 Å². The van der Waals surface area contributed by atoms with E-state index in [2.05, 4.69) is 0 Å². The van der Waals surface area contributed by atoms with Crippen LogP contribution in [-0.4, -0.2) is 0 Å². The maximum Gasteiger partial charge on any atom is 0.154 e. The van der Waals surface area contributed by atoms with Gasteiger partial charge in [-0.3, -0.25) is 0 Å². The van der Waals surface area contributed by atoms with E-state index < -0.39 is 5.57 Å². The molecule has 0 unspecified atom stereocenters. The van der Waals surface area contributed by atoms with E-state index in [0.29, 0.717) is 0 Å². The molecule has 10 nitrogen and oxygen atoms in total. The van der Waals surface area contributed by atoms with Crippen molar-refractivity contribution >= 4 is 55.0 Å². The summed E-state index contributed by atoms with van der Waals surface area (Å²) in [6, 6.07) is 20.6. The van der Waals surface area contributed by atoms with Gasteiger partial charge in [-0.15, -0.1) is 0 Å². The molecule has 0 aliphatic heterocycles. The summed E-state index contributed by atoms with van der Waals surface area (Å²) >= 11 is 0. The van der Waals surface area contributed by atoms with Gasteiger partial charge in [0.2, 0.25) is 0 Å². The molecule has 0 saturated heterocycles. The Hall–Kier alpha value is -7.08. The number of hydrogen-bond acceptors (Lipinski definition) is 10. The standard InChI is InChI=1S/C28H4N8O2/c29-5-13-1-3-17-23-21(15(7-31)8-32)24-18-4-2-14(6-30)20(12-36)26(18)38-28(24)22(16(9-33)10-34)27(23)37-25(17)19(13)11-35/h1-4H. The lowest BCUT2D eigenvalue weighted by molar-refractivity contribution is 0.649. The molecule has 3 aromatic carbocycles. The zero-order valence-corrected chi connectivity index (χ0v) is 18.7. The Labute approximate surface area is 211 Å². The first-order chi connectivity index (χ1) is 18.5. The summed E-state index contributed by atoms with van der Waals surface area (Å²) < 4.78 is 12.0. The smallest absolute Gasteiger partial charge is 0.154 e. The first kappa shape index (κ1) is 22.7. The molecule has 0 fully saturated rings. The molecule has 0 aliphatic rings. The maximum absolute atomic E-state index is 9.88. The molecule has 0 radical (unpaired) electrons. The van der Waals surface area contributed by atoms with Gasteiger partial charge in [-0.05, 0) is 24.3 Å². The average Bonchev–Trinajstić information content (AvgIpc) is 3.52. The molecule has 38 heavy (non-hydrogen) atoms. The van der Waals surface area contributed by atoms with Crippen LogP contribution in [0.25, 0.3) is 55.0 Å². The predicted octanol–water partition coefficient (Wildman–Crippen LogP) is 3.37. The van der Waals surface area contributed by atoms with Crippen LogP contribution in [0.5, 0.6) is 0 Å². The van der Waals surface area contributed by atoms with E-state index in [-0.39, 0.29) is 82.1 Å². The predicted molar refractivity (Wildman–Crippen MR) is 128 cm³/mol. The van der Waals surface area contributed by atoms with Crippen molar-refractivity contribution in [1.82, 2.24) is 0 Å². The van der Waals surface area contributed by atoms with Crippen LogP contribution in [0.3, 0.4) is 0 Å². The molecule has 0 spiro atoms. The highest BCUT2D eigenvalue weighted by Crippen LogP contribution is 2.35. The van der Waals surface area contributed by atoms with Crippen LogP contribution in [0.2, 0.25) is 0 Å². The second-order valence-corrected chi connectivity index (χ2v) is 7.74. The molecular formula is C28H4N8O2. The fourth-order valence-electron chi connectivity index (χ4n) is 4.56. The van der Waals surface area contributed by atoms with Crippen LogP contribution < -0.4 is 10.4 Å². The van der Waals surface area contributed by atoms with Gasteiger partial charge in [0.05, 0.1) is 16.3 Å². The average molecular weight is 484 g/mol. The van der Waals surface area contributed by atoms with Gasteiger partial charge >= 0.3 is 0 Å². The Kier molecular flexibility index (Phi) is 4.96. The van der Waals surface area contributed by atoms with Crippen molar-refractivity contribution in [3.63, 3.8) is 0 Å². The summed E-state index contributed by atoms with van der Waals surface area (Å²) in [5, 5.41) is 78.4. The van der Waals surface area contributed by atoms with Crippen molar-refractivity contribution in [2.45, 2.75) is 0 Å². The quantitative estimate of drug-likeness (QED) is 0.312. The van der Waals surface area contributed by atoms with Crippen LogP contribution in [0.15, 0.2) is 33.1 Å². The third-order valence-electron chi connectivity index (χ3n) is 6.08. The minimum absolute atomic E-state index is 0.00790. The molecule has 2 aromatic heterocycles. The molecule has 0 bridgehead atoms. The summed E-state index contributed by atoms with van der Waals surface area (Å²) in [7, 11) is 0. The second-order valence-electron chi connectivity index (χ2n) is 7.74. The molecule has 0 N–H and O–H groups in total. The normalized spacial score (nSPS) is 9.89. The first-order valence-corrected chi connectivity index (χ1v) is 10.4. The highest BCUT2D eigenvalue weighted by Gasteiger charge is 2.26. The minimum Gasteiger partial charge on any atom is -0.454 e. The van der Waals surface area contributed by atoms with Gasteiger partial charge in [-0.2, -0.15) is 42.1 Å². The largest absolute Gasteiger partial charge is 0.454 e. The second kappa shape index (κ2) is 8.30. The lowest BCUT2D eigenvalue weighted by Crippen LogP contribution is -2.16. The van der Waals surface area contributed by atoms with Crippen molar-refractivity contribution in [3.05, 3.63) is 57.0 Å². The third-order valence-corrected chi connectivity index (χ3v) is 6.08. The summed E-state index contributed by atoms with van der Waals surface area (Å²) in [6.07, 6.45) is 0. The molecule has 2 heterocycles. The number of rotatable bonds is 0. The first-order valence-electron chi connectivity index (χ1n) is 10.4. The van der Waals surface area contributed by atoms with Crippen LogP contribution in [0.1, 0.15) is 22.3 Å². The van der Waals surface area contributed by atoms with E-state index in [1.54, 1.807) is 12.1 Å². The van der Waals surface area contributed by atoms with Crippen LogP contribution in [0, 0.1) is 90.6 Å². The lowest BCUT2D eigenvalue weighted by Gasteiger charge is -2.00. The number of furan rings is 2. The molecule has 0 amide bonds. The highest BCUT2D eigenvalue weighted by atomic mass is 16.3. The molecule has 10 heteroatoms. The summed E-state index contributed by atoms with van der Waals surface area (Å²) in [4.78, 5) is 0. The van der Waals surface area contributed by atoms with E-state index in [1.165, 1.54) is 24.3 Å². The summed E-state index contributed by atoms with van der Waals surface area (Å²) in [6.45, 7) is 0. The zero-order chi connectivity index (χ0) is 27.1. The minimum atomic E-state index is -0.446. The van der Waals surface area contributed by atoms with E-state index in [9.17, 15) is 42.1 Å². The Morgan fingerprint density at radius 1 is 0.474 bits per heavy atom. The molecule has 5 rings (SSSR count). The molecule has 0 atom stereocenters. The van der Waals surface area contributed by atoms with Crippen LogP contribution in [0.4, 0.5) is 0 Å². The van der Waals surface area contributed by atoms with Gasteiger partial charge in [0.15, 0.2) is 11.2 Å². The van der Waals surface area contributed by atoms with Gasteiger partial charge in [-0.1, -0.05) is 0 Å². The number of nitrogens with zero attached hydrogens (tertiary/aromatic N) is 8. The van der Waals surface area contributed by atoms with Gasteiger partial charge in [0, 0.05) is 26.8 Å². The SMILES string of the molecule is N#CC(C#N)=c1c2oc3c(C#N)c(C#N)ccc3c2c(=C(C#N)C#N)c2c1oc1c(C#N)c(C#N)ccc12. The van der Waals surface area contributed by atoms with E-state index in [0.717, 1.165) is 0 Å². The van der Waals surface area contributed by atoms with Gasteiger partial charge in [0.1, 0.15) is 82.0 Å². The van der Waals surface area contributed by atoms with Crippen molar-refractivity contribution in [1.29, 1.82) is 42.1 Å². The van der Waals surface area contributed by atoms with Gasteiger partial charge < -0.3 is 8.83 Å². The summed E-state index contributed by atoms with van der Waals surface area (Å²) in [5.74, 6) is 0. The van der Waals surface area contributed by atoms with Gasteiger partial charge in [-0.25, -0.2) is 0 Å². The number of benzene rings is 3. The van der Waals surface area contributed by atoms with Crippen LogP contribution in [-0.2, 0) is 0 Å². The van der Waals surface area contributed by atoms with Crippen LogP contribution >= 0.6 is 0 Å². The Bertz CT molecular complexity index is 2270. The van der Waals surface area contributed by atoms with Crippen molar-refractivity contribution < 1.29 is 8.83 Å². The molecule has 168 valence electrons. The summed E-state index contributed by atoms with van der Waals surface area (Å²) in [5.41, 5.74) is -1.39. The number of hydrogen-bond donors (Lipinski definition) is 0. The van der Waals surface area contributed by atoms with Gasteiger partial charge in [0.25, 0.3) is 0 Å². The molecule has 0 saturated carbocycles. The Morgan fingerprint density at radius 3 is 1.21 bits per heavy atom. The fourth-order valence-corrected chi connectivity index (χ4v) is 4.56. The third kappa shape index (κ3) is 2.73. The van der Waals surface area contributed by atoms with E-state index in [4.69, 9.17) is 8.83 Å². The Balaban J connectivity index is 2.36. The Morgan fingerprint density at radius 2 is 0.868 bits per heavy atom. The molecule has 5 aromatic rings. The molecular weight excluding hydrogens is 480 g/mol.